The molecule has 0 radical (unpaired) electrons. The number of aliphatic carboxylic acids is 1. The largest absolute Gasteiger partial charge is 0.480 e. The van der Waals surface area contributed by atoms with Crippen molar-refractivity contribution in [2.45, 2.75) is 83.2 Å². The lowest BCUT2D eigenvalue weighted by Gasteiger charge is -2.62. The van der Waals surface area contributed by atoms with E-state index in [0.29, 0.717) is 24.8 Å². The number of hydrogen-bond acceptors (Lipinski definition) is 7. The highest BCUT2D eigenvalue weighted by Gasteiger charge is 2.75. The van der Waals surface area contributed by atoms with E-state index in [1.165, 1.54) is 30.8 Å². The summed E-state index contributed by atoms with van der Waals surface area (Å²) in [7, 11) is 0. The quantitative estimate of drug-likeness (QED) is 0.338. The van der Waals surface area contributed by atoms with E-state index < -0.39 is 63.7 Å². The summed E-state index contributed by atoms with van der Waals surface area (Å²) in [6.07, 6.45) is 4.39. The molecule has 3 fully saturated rings. The zero-order chi connectivity index (χ0) is 28.3. The summed E-state index contributed by atoms with van der Waals surface area (Å²) >= 11 is 1.19. The van der Waals surface area contributed by atoms with Gasteiger partial charge in [-0.05, 0) is 68.8 Å². The van der Waals surface area contributed by atoms with Crippen molar-refractivity contribution in [1.82, 2.24) is 5.32 Å². The minimum absolute atomic E-state index is 0.0630. The number of allylic oxidation sites excluding steroid dienone is 4. The second-order valence-electron chi connectivity index (χ2n) is 12.0. The highest BCUT2D eigenvalue weighted by molar-refractivity contribution is 7.99. The predicted molar refractivity (Wildman–Crippen MR) is 140 cm³/mol. The zero-order valence-corrected chi connectivity index (χ0v) is 23.1. The van der Waals surface area contributed by atoms with Gasteiger partial charge in [0.2, 0.25) is 5.91 Å². The standard InChI is InChI=1S/C28H38FNO7S/c1-15-11-20-19-6-5-17-12-18(32)7-9-25(17,3)27(19,29)22(33)13-26(20,4)28(15,37)23(34)14-38-10-8-21(24(35)36)30-16(2)31/h7,9,12,15,19-22,33,37H,5-6,8,10-11,13-14H2,1-4H3,(H,30,31)(H,35,36)/t15-,19+,20+,21?,22+,25+,26+,27+,28+/m1/s1. The van der Waals surface area contributed by atoms with Gasteiger partial charge in [0.1, 0.15) is 11.6 Å². The summed E-state index contributed by atoms with van der Waals surface area (Å²) in [5.74, 6) is -3.39. The molecule has 3 saturated carbocycles. The van der Waals surface area contributed by atoms with Gasteiger partial charge in [-0.15, -0.1) is 0 Å². The Balaban J connectivity index is 1.54. The van der Waals surface area contributed by atoms with Crippen LogP contribution in [0, 0.1) is 28.6 Å². The molecule has 1 unspecified atom stereocenters. The number of halogens is 1. The van der Waals surface area contributed by atoms with E-state index in [2.05, 4.69) is 5.32 Å². The molecule has 38 heavy (non-hydrogen) atoms. The number of carboxylic acids is 1. The Kier molecular flexibility index (Phi) is 7.51. The number of aliphatic hydroxyl groups excluding tert-OH is 1. The minimum atomic E-state index is -2.03. The lowest BCUT2D eigenvalue weighted by atomic mass is 9.44. The molecule has 0 saturated heterocycles. The van der Waals surface area contributed by atoms with Crippen LogP contribution in [0.1, 0.15) is 59.8 Å². The number of carbonyl (C=O) groups excluding carboxylic acids is 3. The predicted octanol–water partition coefficient (Wildman–Crippen LogP) is 2.62. The van der Waals surface area contributed by atoms with Gasteiger partial charge in [0.15, 0.2) is 17.2 Å². The van der Waals surface area contributed by atoms with Crippen LogP contribution >= 0.6 is 11.8 Å². The van der Waals surface area contributed by atoms with Gasteiger partial charge in [-0.25, -0.2) is 9.18 Å². The Morgan fingerprint density at radius 3 is 2.58 bits per heavy atom. The summed E-state index contributed by atoms with van der Waals surface area (Å²) < 4.78 is 17.2. The zero-order valence-electron chi connectivity index (χ0n) is 22.3. The third-order valence-corrected chi connectivity index (χ3v) is 11.1. The fourth-order valence-corrected chi connectivity index (χ4v) is 9.07. The molecule has 0 aromatic heterocycles. The maximum atomic E-state index is 17.2. The van der Waals surface area contributed by atoms with Gasteiger partial charge in [-0.2, -0.15) is 11.8 Å². The Morgan fingerprint density at radius 1 is 1.26 bits per heavy atom. The van der Waals surface area contributed by atoms with Crippen LogP contribution in [-0.2, 0) is 19.2 Å². The van der Waals surface area contributed by atoms with Crippen LogP contribution in [0.15, 0.2) is 23.8 Å². The number of aliphatic hydroxyl groups is 2. The molecule has 0 spiro atoms. The number of thioether (sulfide) groups is 1. The molecule has 0 aromatic carbocycles. The molecule has 0 aromatic rings. The van der Waals surface area contributed by atoms with E-state index in [0.717, 1.165) is 0 Å². The van der Waals surface area contributed by atoms with Crippen molar-refractivity contribution in [2.75, 3.05) is 11.5 Å². The van der Waals surface area contributed by atoms with Gasteiger partial charge in [0.25, 0.3) is 0 Å². The highest BCUT2D eigenvalue weighted by atomic mass is 32.2. The SMILES string of the molecule is CC(=O)NC(CCSCC(=O)[C@@]1(O)[C@H](C)C[C@H]2[C@@H]3CCC4=CC(=O)C=C[C@]4(C)[C@@]3(F)[C@@H](O)C[C@@]21C)C(=O)O. The number of nitrogens with one attached hydrogen (secondary N) is 1. The summed E-state index contributed by atoms with van der Waals surface area (Å²) in [6, 6.07) is -1.06. The van der Waals surface area contributed by atoms with Crippen LogP contribution in [0.25, 0.3) is 0 Å². The third kappa shape index (κ3) is 4.09. The number of alkyl halides is 1. The minimum Gasteiger partial charge on any atom is -0.480 e. The topological polar surface area (TPSA) is 141 Å². The molecule has 0 heterocycles. The van der Waals surface area contributed by atoms with Gasteiger partial charge in [0, 0.05) is 23.7 Å². The number of amides is 1. The molecular formula is C28H38FNO7S. The second kappa shape index (κ2) is 9.86. The number of Topliss-reactive ketones (excluding diaryl/α,β-unsaturated/α-hetero) is 1. The Bertz CT molecular complexity index is 1110. The van der Waals surface area contributed by atoms with Gasteiger partial charge < -0.3 is 20.6 Å². The monoisotopic (exact) mass is 551 g/mol. The first-order chi connectivity index (χ1) is 17.6. The Labute approximate surface area is 226 Å². The number of carbonyl (C=O) groups is 4. The first kappa shape index (κ1) is 29.0. The molecule has 4 aliphatic carbocycles. The van der Waals surface area contributed by atoms with Gasteiger partial charge in [-0.3, -0.25) is 14.4 Å². The van der Waals surface area contributed by atoms with Crippen LogP contribution in [0.4, 0.5) is 4.39 Å². The number of ketones is 2. The van der Waals surface area contributed by atoms with E-state index in [4.69, 9.17) is 0 Å². The van der Waals surface area contributed by atoms with Crippen molar-refractivity contribution in [1.29, 1.82) is 0 Å². The van der Waals surface area contributed by atoms with Gasteiger partial charge >= 0.3 is 5.97 Å². The maximum absolute atomic E-state index is 17.2. The second-order valence-corrected chi connectivity index (χ2v) is 13.1. The molecule has 9 atom stereocenters. The Morgan fingerprint density at radius 2 is 1.95 bits per heavy atom. The molecule has 4 rings (SSSR count). The van der Waals surface area contributed by atoms with Crippen molar-refractivity contribution in [2.24, 2.45) is 28.6 Å². The third-order valence-electron chi connectivity index (χ3n) is 10.1. The van der Waals surface area contributed by atoms with Gasteiger partial charge in [0.05, 0.1) is 11.9 Å². The first-order valence-corrected chi connectivity index (χ1v) is 14.4. The van der Waals surface area contributed by atoms with Crippen LogP contribution in [0.5, 0.6) is 0 Å². The van der Waals surface area contributed by atoms with Crippen LogP contribution in [0.3, 0.4) is 0 Å². The van der Waals surface area contributed by atoms with E-state index >= 15 is 4.39 Å². The van der Waals surface area contributed by atoms with Gasteiger partial charge in [-0.1, -0.05) is 25.5 Å². The average molecular weight is 552 g/mol. The van der Waals surface area contributed by atoms with Crippen LogP contribution in [-0.4, -0.2) is 73.7 Å². The molecule has 10 heteroatoms. The molecule has 0 bridgehead atoms. The molecule has 210 valence electrons. The lowest BCUT2D eigenvalue weighted by Crippen LogP contribution is -2.69. The van der Waals surface area contributed by atoms with Crippen molar-refractivity contribution in [3.8, 4) is 0 Å². The molecule has 8 nitrogen and oxygen atoms in total. The summed E-state index contributed by atoms with van der Waals surface area (Å²) in [5.41, 5.74) is -5.31. The van der Waals surface area contributed by atoms with E-state index in [1.54, 1.807) is 26.8 Å². The van der Waals surface area contributed by atoms with Crippen molar-refractivity contribution < 1.29 is 38.9 Å². The molecule has 4 N–H and O–H groups in total. The molecular weight excluding hydrogens is 513 g/mol. The summed E-state index contributed by atoms with van der Waals surface area (Å²) in [5, 5.41) is 35.1. The lowest BCUT2D eigenvalue weighted by molar-refractivity contribution is -0.218. The van der Waals surface area contributed by atoms with Crippen molar-refractivity contribution in [3.63, 3.8) is 0 Å². The molecule has 0 aliphatic heterocycles. The number of hydrogen-bond donors (Lipinski definition) is 4. The van der Waals surface area contributed by atoms with Crippen LogP contribution in [0.2, 0.25) is 0 Å². The fourth-order valence-electron chi connectivity index (χ4n) is 8.12. The average Bonchev–Trinajstić information content (AvgIpc) is 3.03. The summed E-state index contributed by atoms with van der Waals surface area (Å²) in [4.78, 5) is 48.2. The van der Waals surface area contributed by atoms with Crippen molar-refractivity contribution in [3.05, 3.63) is 23.8 Å². The maximum Gasteiger partial charge on any atom is 0.326 e. The first-order valence-electron chi connectivity index (χ1n) is 13.3. The smallest absolute Gasteiger partial charge is 0.326 e. The molecule has 1 amide bonds. The van der Waals surface area contributed by atoms with E-state index in [9.17, 15) is 34.5 Å². The normalized spacial score (nSPS) is 42.4. The fraction of sp³-hybridized carbons (Fsp3) is 0.714. The number of rotatable bonds is 8. The van der Waals surface area contributed by atoms with Crippen molar-refractivity contribution >= 4 is 35.2 Å². The highest BCUT2D eigenvalue weighted by Crippen LogP contribution is 2.70. The Hall–Kier alpha value is -2.04. The van der Waals surface area contributed by atoms with E-state index in [-0.39, 0.29) is 36.0 Å². The van der Waals surface area contributed by atoms with Crippen LogP contribution < -0.4 is 5.32 Å². The molecule has 4 aliphatic rings. The number of carboxylic acid groups (broad SMARTS) is 1. The number of fused-ring (bicyclic) bond motifs is 5. The van der Waals surface area contributed by atoms with E-state index in [1.807, 2.05) is 0 Å². The summed E-state index contributed by atoms with van der Waals surface area (Å²) in [6.45, 7) is 6.55.